The molecule has 1 atom stereocenters. The van der Waals surface area contributed by atoms with Gasteiger partial charge in [-0.3, -0.25) is 4.79 Å². The second-order valence-corrected chi connectivity index (χ2v) is 6.96. The Hall–Kier alpha value is -3.25. The van der Waals surface area contributed by atoms with E-state index in [-0.39, 0.29) is 5.91 Å². The van der Waals surface area contributed by atoms with Crippen LogP contribution in [0.5, 0.6) is 0 Å². The summed E-state index contributed by atoms with van der Waals surface area (Å²) < 4.78 is 6.62. The van der Waals surface area contributed by atoms with Crippen molar-refractivity contribution in [3.05, 3.63) is 106 Å². The predicted octanol–water partition coefficient (Wildman–Crippen LogP) is 5.02. The van der Waals surface area contributed by atoms with E-state index in [1.807, 2.05) is 78.9 Å². The Bertz CT molecular complexity index is 1080. The van der Waals surface area contributed by atoms with Crippen molar-refractivity contribution in [2.75, 3.05) is 0 Å². The van der Waals surface area contributed by atoms with Gasteiger partial charge in [-0.05, 0) is 45.8 Å². The molecular weight excluding hydrogens is 418 g/mol. The van der Waals surface area contributed by atoms with Crippen LogP contribution in [0, 0.1) is 0 Å². The molecule has 0 radical (unpaired) electrons. The number of nitrogens with one attached hydrogen (secondary N) is 1. The fourth-order valence-corrected chi connectivity index (χ4v) is 3.30. The lowest BCUT2D eigenvalue weighted by atomic mass is 10.1. The molecule has 0 fully saturated rings. The molecule has 0 saturated carbocycles. The molecule has 1 amide bonds. The Labute approximate surface area is 170 Å². The van der Waals surface area contributed by atoms with Gasteiger partial charge in [-0.2, -0.15) is 0 Å². The molecule has 4 aromatic rings. The topological polar surface area (TPSA) is 68.0 Å². The van der Waals surface area contributed by atoms with Gasteiger partial charge in [-0.1, -0.05) is 60.7 Å². The number of carbonyl (C=O) groups excluding carboxylic acids is 1. The maximum atomic E-state index is 12.9. The lowest BCUT2D eigenvalue weighted by molar-refractivity contribution is 0.0937. The van der Waals surface area contributed by atoms with E-state index in [0.29, 0.717) is 17.3 Å². The van der Waals surface area contributed by atoms with Crippen LogP contribution in [0.3, 0.4) is 0 Å². The second kappa shape index (κ2) is 8.19. The number of benzene rings is 3. The summed E-state index contributed by atoms with van der Waals surface area (Å²) in [6.07, 6.45) is 0. The van der Waals surface area contributed by atoms with Crippen LogP contribution >= 0.6 is 15.9 Å². The zero-order valence-corrected chi connectivity index (χ0v) is 16.3. The van der Waals surface area contributed by atoms with Gasteiger partial charge in [0.25, 0.3) is 5.91 Å². The van der Waals surface area contributed by atoms with Gasteiger partial charge in [-0.15, -0.1) is 10.2 Å². The van der Waals surface area contributed by atoms with Crippen LogP contribution in [0.1, 0.15) is 27.9 Å². The smallest absolute Gasteiger partial charge is 0.253 e. The van der Waals surface area contributed by atoms with E-state index in [9.17, 15) is 4.79 Å². The second-order valence-electron chi connectivity index (χ2n) is 6.11. The zero-order valence-electron chi connectivity index (χ0n) is 14.7. The van der Waals surface area contributed by atoms with Gasteiger partial charge in [0.2, 0.25) is 11.8 Å². The number of amides is 1. The monoisotopic (exact) mass is 433 g/mol. The van der Waals surface area contributed by atoms with Gasteiger partial charge < -0.3 is 9.73 Å². The lowest BCUT2D eigenvalue weighted by Crippen LogP contribution is -2.29. The molecule has 0 unspecified atom stereocenters. The first-order valence-electron chi connectivity index (χ1n) is 8.71. The molecule has 138 valence electrons. The first-order valence-corrected chi connectivity index (χ1v) is 9.51. The van der Waals surface area contributed by atoms with E-state index >= 15 is 0 Å². The Kier molecular flexibility index (Phi) is 5.30. The third-order valence-corrected chi connectivity index (χ3v) is 4.93. The molecule has 0 saturated heterocycles. The van der Waals surface area contributed by atoms with Gasteiger partial charge in [0.05, 0.1) is 5.56 Å². The zero-order chi connectivity index (χ0) is 19.3. The van der Waals surface area contributed by atoms with Crippen LogP contribution in [-0.4, -0.2) is 16.1 Å². The molecule has 3 aromatic carbocycles. The summed E-state index contributed by atoms with van der Waals surface area (Å²) in [7, 11) is 0. The number of carbonyl (C=O) groups is 1. The highest BCUT2D eigenvalue weighted by molar-refractivity contribution is 9.10. The molecular formula is C22H16BrN3O2. The van der Waals surface area contributed by atoms with Gasteiger partial charge in [0.1, 0.15) is 6.04 Å². The molecule has 1 heterocycles. The van der Waals surface area contributed by atoms with Crippen molar-refractivity contribution in [2.24, 2.45) is 0 Å². The third kappa shape index (κ3) is 3.87. The molecule has 28 heavy (non-hydrogen) atoms. The predicted molar refractivity (Wildman–Crippen MR) is 110 cm³/mol. The Morgan fingerprint density at radius 1 is 0.857 bits per heavy atom. The minimum Gasteiger partial charge on any atom is -0.418 e. The van der Waals surface area contributed by atoms with Crippen molar-refractivity contribution in [1.29, 1.82) is 0 Å². The van der Waals surface area contributed by atoms with E-state index in [0.717, 1.165) is 15.6 Å². The molecule has 0 spiro atoms. The Morgan fingerprint density at radius 2 is 1.50 bits per heavy atom. The normalized spacial score (nSPS) is 11.8. The van der Waals surface area contributed by atoms with Crippen molar-refractivity contribution < 1.29 is 9.21 Å². The summed E-state index contributed by atoms with van der Waals surface area (Å²) in [5.74, 6) is 0.498. The Morgan fingerprint density at radius 3 is 2.21 bits per heavy atom. The lowest BCUT2D eigenvalue weighted by Gasteiger charge is -2.16. The van der Waals surface area contributed by atoms with Gasteiger partial charge >= 0.3 is 0 Å². The summed E-state index contributed by atoms with van der Waals surface area (Å²) >= 11 is 3.42. The maximum absolute atomic E-state index is 12.9. The van der Waals surface area contributed by atoms with E-state index in [4.69, 9.17) is 4.42 Å². The SMILES string of the molecule is O=C(N[C@H](c1ccccc1)c1nnc(-c2ccccc2)o1)c1ccccc1Br. The molecule has 5 nitrogen and oxygen atoms in total. The summed E-state index contributed by atoms with van der Waals surface area (Å²) in [4.78, 5) is 12.9. The molecule has 6 heteroatoms. The van der Waals surface area contributed by atoms with Crippen LogP contribution in [0.4, 0.5) is 0 Å². The van der Waals surface area contributed by atoms with Crippen LogP contribution in [0.2, 0.25) is 0 Å². The quantitative estimate of drug-likeness (QED) is 0.479. The van der Waals surface area contributed by atoms with Crippen molar-refractivity contribution >= 4 is 21.8 Å². The highest BCUT2D eigenvalue weighted by Gasteiger charge is 2.24. The van der Waals surface area contributed by atoms with Gasteiger partial charge in [-0.25, -0.2) is 0 Å². The summed E-state index contributed by atoms with van der Waals surface area (Å²) in [5, 5.41) is 11.4. The number of nitrogens with zero attached hydrogens (tertiary/aromatic N) is 2. The summed E-state index contributed by atoms with van der Waals surface area (Å²) in [5.41, 5.74) is 2.21. The number of hydrogen-bond acceptors (Lipinski definition) is 4. The molecule has 0 aliphatic rings. The van der Waals surface area contributed by atoms with E-state index < -0.39 is 6.04 Å². The van der Waals surface area contributed by atoms with Crippen LogP contribution < -0.4 is 5.32 Å². The number of aromatic nitrogens is 2. The fourth-order valence-electron chi connectivity index (χ4n) is 2.84. The first kappa shape index (κ1) is 18.1. The number of rotatable bonds is 5. The molecule has 4 rings (SSSR count). The molecule has 0 aliphatic carbocycles. The average molecular weight is 434 g/mol. The number of hydrogen-bond donors (Lipinski definition) is 1. The molecule has 1 N–H and O–H groups in total. The summed E-state index contributed by atoms with van der Waals surface area (Å²) in [6.45, 7) is 0. The van der Waals surface area contributed by atoms with Gasteiger partial charge in [0.15, 0.2) is 0 Å². The van der Waals surface area contributed by atoms with Crippen LogP contribution in [0.25, 0.3) is 11.5 Å². The van der Waals surface area contributed by atoms with Crippen molar-refractivity contribution in [3.8, 4) is 11.5 Å². The number of halogens is 1. The minimum atomic E-state index is -0.564. The van der Waals surface area contributed by atoms with Crippen molar-refractivity contribution in [1.82, 2.24) is 15.5 Å². The Balaban J connectivity index is 1.68. The maximum Gasteiger partial charge on any atom is 0.253 e. The van der Waals surface area contributed by atoms with Crippen LogP contribution in [-0.2, 0) is 0 Å². The molecule has 1 aromatic heterocycles. The van der Waals surface area contributed by atoms with Gasteiger partial charge in [0, 0.05) is 10.0 Å². The third-order valence-electron chi connectivity index (χ3n) is 4.24. The average Bonchev–Trinajstić information content (AvgIpc) is 3.23. The van der Waals surface area contributed by atoms with E-state index in [1.54, 1.807) is 6.07 Å². The van der Waals surface area contributed by atoms with Crippen LogP contribution in [0.15, 0.2) is 93.8 Å². The fraction of sp³-hybridized carbons (Fsp3) is 0.0455. The van der Waals surface area contributed by atoms with E-state index in [2.05, 4.69) is 31.4 Å². The van der Waals surface area contributed by atoms with E-state index in [1.165, 1.54) is 0 Å². The molecule has 0 bridgehead atoms. The van der Waals surface area contributed by atoms with Crippen molar-refractivity contribution in [2.45, 2.75) is 6.04 Å². The first-order chi connectivity index (χ1) is 13.7. The minimum absolute atomic E-state index is 0.235. The van der Waals surface area contributed by atoms with Crippen molar-refractivity contribution in [3.63, 3.8) is 0 Å². The molecule has 0 aliphatic heterocycles. The largest absolute Gasteiger partial charge is 0.418 e. The summed E-state index contributed by atoms with van der Waals surface area (Å²) in [6, 6.07) is 25.8. The highest BCUT2D eigenvalue weighted by atomic mass is 79.9. The standard InChI is InChI=1S/C22H16BrN3O2/c23-18-14-8-7-13-17(18)20(27)24-19(15-9-3-1-4-10-15)22-26-25-21(28-22)16-11-5-2-6-12-16/h1-14,19H,(H,24,27)/t19-/m1/s1. The highest BCUT2D eigenvalue weighted by Crippen LogP contribution is 2.26.